The van der Waals surface area contributed by atoms with Gasteiger partial charge in [0, 0.05) is 12.5 Å². The Morgan fingerprint density at radius 2 is 1.80 bits per heavy atom. The van der Waals surface area contributed by atoms with Crippen LogP contribution in [-0.2, 0) is 12.0 Å². The van der Waals surface area contributed by atoms with E-state index in [1.165, 1.54) is 37.1 Å². The number of benzene rings is 2. The van der Waals surface area contributed by atoms with Gasteiger partial charge in [0.25, 0.3) is 0 Å². The fourth-order valence-electron chi connectivity index (χ4n) is 4.98. The number of aryl methyl sites for hydroxylation is 2. The first kappa shape index (κ1) is 16.8. The molecule has 132 valence electrons. The third kappa shape index (κ3) is 3.38. The van der Waals surface area contributed by atoms with Crippen LogP contribution in [-0.4, -0.2) is 29.6 Å². The number of fused-ring (bicyclic) bond motifs is 3. The second-order valence-electron chi connectivity index (χ2n) is 8.02. The molecule has 3 fully saturated rings. The lowest BCUT2D eigenvalue weighted by atomic mass is 9.66. The zero-order valence-electron chi connectivity index (χ0n) is 15.2. The average molecular weight is 335 g/mol. The molecule has 0 saturated carbocycles. The lowest BCUT2D eigenvalue weighted by Gasteiger charge is -2.51. The normalized spacial score (nSPS) is 27.8. The topological polar surface area (TPSA) is 23.5 Å². The van der Waals surface area contributed by atoms with Gasteiger partial charge >= 0.3 is 0 Å². The summed E-state index contributed by atoms with van der Waals surface area (Å²) in [7, 11) is 0. The predicted octanol–water partition coefficient (Wildman–Crippen LogP) is 4.16. The second kappa shape index (κ2) is 6.93. The number of hydrogen-bond donors (Lipinski definition) is 1. The molecule has 2 bridgehead atoms. The molecule has 3 aliphatic rings. The van der Waals surface area contributed by atoms with E-state index in [4.69, 9.17) is 0 Å². The molecule has 3 heterocycles. The Bertz CT molecular complexity index is 705. The molecule has 25 heavy (non-hydrogen) atoms. The lowest BCUT2D eigenvalue weighted by molar-refractivity contribution is -0.106. The van der Waals surface area contributed by atoms with Crippen molar-refractivity contribution in [2.45, 2.75) is 38.2 Å². The van der Waals surface area contributed by atoms with E-state index in [0.29, 0.717) is 11.8 Å². The fourth-order valence-corrected chi connectivity index (χ4v) is 4.98. The van der Waals surface area contributed by atoms with Gasteiger partial charge < -0.3 is 10.0 Å². The summed E-state index contributed by atoms with van der Waals surface area (Å²) in [5.74, 6) is 1.01. The average Bonchev–Trinajstić information content (AvgIpc) is 2.68. The smallest absolute Gasteiger partial charge is 0.0942 e. The van der Waals surface area contributed by atoms with Crippen LogP contribution in [0.1, 0.15) is 36.0 Å². The van der Waals surface area contributed by atoms with Crippen molar-refractivity contribution < 1.29 is 5.11 Å². The van der Waals surface area contributed by atoms with Gasteiger partial charge in [-0.25, -0.2) is 0 Å². The molecule has 0 spiro atoms. The number of nitrogens with zero attached hydrogens (tertiary/aromatic N) is 1. The summed E-state index contributed by atoms with van der Waals surface area (Å²) in [4.78, 5) is 2.55. The third-order valence-corrected chi connectivity index (χ3v) is 6.42. The molecule has 2 aromatic carbocycles. The first-order valence-electron chi connectivity index (χ1n) is 9.71. The standard InChI is InChI=1S/C23H29NO/c1-18-6-5-7-19(16-18)10-13-23(25,21-8-3-2-4-9-21)22-17-24-14-11-20(22)12-15-24/h2-9,16,20,22,25H,10-15,17H2,1H3. The molecule has 0 amide bonds. The van der Waals surface area contributed by atoms with E-state index < -0.39 is 5.60 Å². The number of hydrogen-bond acceptors (Lipinski definition) is 2. The maximum Gasteiger partial charge on any atom is 0.0942 e. The van der Waals surface area contributed by atoms with E-state index in [1.54, 1.807) is 0 Å². The van der Waals surface area contributed by atoms with E-state index in [2.05, 4.69) is 60.4 Å². The summed E-state index contributed by atoms with van der Waals surface area (Å²) in [6.07, 6.45) is 4.21. The Morgan fingerprint density at radius 1 is 1.04 bits per heavy atom. The van der Waals surface area contributed by atoms with Crippen molar-refractivity contribution in [1.82, 2.24) is 4.90 Å². The summed E-state index contributed by atoms with van der Waals surface area (Å²) in [6.45, 7) is 5.61. The monoisotopic (exact) mass is 335 g/mol. The molecule has 2 heteroatoms. The molecule has 3 saturated heterocycles. The van der Waals surface area contributed by atoms with Gasteiger partial charge in [-0.15, -0.1) is 0 Å². The summed E-state index contributed by atoms with van der Waals surface area (Å²) in [5, 5.41) is 11.9. The molecule has 2 unspecified atom stereocenters. The SMILES string of the molecule is Cc1cccc(CCC(O)(c2ccccc2)C2CN3CCC2CC3)c1. The zero-order chi connectivity index (χ0) is 17.3. The van der Waals surface area contributed by atoms with Crippen LogP contribution in [0.4, 0.5) is 0 Å². The highest BCUT2D eigenvalue weighted by atomic mass is 16.3. The Balaban J connectivity index is 1.62. The molecule has 5 rings (SSSR count). The Hall–Kier alpha value is -1.64. The minimum atomic E-state index is -0.727. The van der Waals surface area contributed by atoms with Crippen LogP contribution in [0.2, 0.25) is 0 Å². The maximum atomic E-state index is 11.9. The maximum absolute atomic E-state index is 11.9. The summed E-state index contributed by atoms with van der Waals surface area (Å²) < 4.78 is 0. The molecule has 2 nitrogen and oxygen atoms in total. The predicted molar refractivity (Wildman–Crippen MR) is 102 cm³/mol. The fraction of sp³-hybridized carbons (Fsp3) is 0.478. The van der Waals surface area contributed by atoms with E-state index in [0.717, 1.165) is 24.9 Å². The van der Waals surface area contributed by atoms with Gasteiger partial charge in [-0.1, -0.05) is 60.2 Å². The first-order valence-corrected chi connectivity index (χ1v) is 9.71. The molecular formula is C23H29NO. The molecule has 2 aromatic rings. The minimum absolute atomic E-state index is 0.349. The van der Waals surface area contributed by atoms with E-state index in [-0.39, 0.29) is 0 Å². The molecule has 0 aliphatic carbocycles. The number of rotatable bonds is 5. The van der Waals surface area contributed by atoms with Crippen LogP contribution in [0, 0.1) is 18.8 Å². The van der Waals surface area contributed by atoms with E-state index in [9.17, 15) is 5.11 Å². The number of aliphatic hydroxyl groups is 1. The van der Waals surface area contributed by atoms with Crippen LogP contribution < -0.4 is 0 Å². The van der Waals surface area contributed by atoms with Gasteiger partial charge in [-0.2, -0.15) is 0 Å². The van der Waals surface area contributed by atoms with Crippen molar-refractivity contribution in [2.24, 2.45) is 11.8 Å². The van der Waals surface area contributed by atoms with Crippen LogP contribution in [0.3, 0.4) is 0 Å². The van der Waals surface area contributed by atoms with E-state index >= 15 is 0 Å². The van der Waals surface area contributed by atoms with Gasteiger partial charge in [0.05, 0.1) is 5.60 Å². The lowest BCUT2D eigenvalue weighted by Crippen LogP contribution is -2.55. The van der Waals surface area contributed by atoms with Crippen LogP contribution >= 0.6 is 0 Å². The molecule has 1 N–H and O–H groups in total. The van der Waals surface area contributed by atoms with Crippen LogP contribution in [0.15, 0.2) is 54.6 Å². The zero-order valence-corrected chi connectivity index (χ0v) is 15.2. The molecule has 0 radical (unpaired) electrons. The molecule has 2 atom stereocenters. The van der Waals surface area contributed by atoms with Crippen molar-refractivity contribution in [2.75, 3.05) is 19.6 Å². The summed E-state index contributed by atoms with van der Waals surface area (Å²) in [6, 6.07) is 19.1. The van der Waals surface area contributed by atoms with Gasteiger partial charge in [0.1, 0.15) is 0 Å². The summed E-state index contributed by atoms with van der Waals surface area (Å²) >= 11 is 0. The van der Waals surface area contributed by atoms with Crippen molar-refractivity contribution in [1.29, 1.82) is 0 Å². The third-order valence-electron chi connectivity index (χ3n) is 6.42. The van der Waals surface area contributed by atoms with Gasteiger partial charge in [0.15, 0.2) is 0 Å². The second-order valence-corrected chi connectivity index (χ2v) is 8.02. The number of piperidine rings is 3. The Labute approximate surface area is 151 Å². The first-order chi connectivity index (χ1) is 12.1. The highest BCUT2D eigenvalue weighted by molar-refractivity contribution is 5.27. The quantitative estimate of drug-likeness (QED) is 0.887. The highest BCUT2D eigenvalue weighted by Crippen LogP contribution is 2.45. The van der Waals surface area contributed by atoms with Crippen LogP contribution in [0.5, 0.6) is 0 Å². The van der Waals surface area contributed by atoms with Gasteiger partial charge in [-0.05, 0) is 62.7 Å². The highest BCUT2D eigenvalue weighted by Gasteiger charge is 2.47. The van der Waals surface area contributed by atoms with Gasteiger partial charge in [0.2, 0.25) is 0 Å². The molecule has 3 aliphatic heterocycles. The van der Waals surface area contributed by atoms with E-state index in [1.807, 2.05) is 6.07 Å². The minimum Gasteiger partial charge on any atom is -0.385 e. The Morgan fingerprint density at radius 3 is 2.44 bits per heavy atom. The largest absolute Gasteiger partial charge is 0.385 e. The van der Waals surface area contributed by atoms with Crippen molar-refractivity contribution in [3.05, 3.63) is 71.3 Å². The molecular weight excluding hydrogens is 306 g/mol. The van der Waals surface area contributed by atoms with Gasteiger partial charge in [-0.3, -0.25) is 0 Å². The van der Waals surface area contributed by atoms with Crippen molar-refractivity contribution in [3.8, 4) is 0 Å². The van der Waals surface area contributed by atoms with Crippen LogP contribution in [0.25, 0.3) is 0 Å². The summed E-state index contributed by atoms with van der Waals surface area (Å²) in [5.41, 5.74) is 3.00. The Kier molecular flexibility index (Phi) is 4.66. The molecule has 0 aromatic heterocycles. The van der Waals surface area contributed by atoms with Crippen molar-refractivity contribution >= 4 is 0 Å². The van der Waals surface area contributed by atoms with Crippen molar-refractivity contribution in [3.63, 3.8) is 0 Å².